The van der Waals surface area contributed by atoms with Crippen molar-refractivity contribution in [2.75, 3.05) is 32.7 Å². The van der Waals surface area contributed by atoms with Crippen LogP contribution in [0, 0.1) is 6.92 Å². The van der Waals surface area contributed by atoms with Crippen molar-refractivity contribution in [1.29, 1.82) is 0 Å². The summed E-state index contributed by atoms with van der Waals surface area (Å²) in [5, 5.41) is 0. The van der Waals surface area contributed by atoms with E-state index in [1.165, 1.54) is 0 Å². The number of carbonyl (C=O) groups excluding carboxylic acids is 1. The summed E-state index contributed by atoms with van der Waals surface area (Å²) in [5.41, 5.74) is 6.99. The van der Waals surface area contributed by atoms with E-state index in [1.54, 1.807) is 12.3 Å². The third-order valence-electron chi connectivity index (χ3n) is 3.28. The summed E-state index contributed by atoms with van der Waals surface area (Å²) >= 11 is 4.90. The fourth-order valence-electron chi connectivity index (χ4n) is 2.21. The molecule has 2 N–H and O–H groups in total. The summed E-state index contributed by atoms with van der Waals surface area (Å²) in [7, 11) is 0. The Morgan fingerprint density at radius 1 is 1.42 bits per heavy atom. The summed E-state index contributed by atoms with van der Waals surface area (Å²) < 4.78 is 0. The van der Waals surface area contributed by atoms with Gasteiger partial charge < -0.3 is 10.6 Å². The van der Waals surface area contributed by atoms with Crippen LogP contribution in [0.2, 0.25) is 0 Å². The van der Waals surface area contributed by atoms with E-state index in [2.05, 4.69) is 9.88 Å². The predicted octanol–water partition coefficient (Wildman–Crippen LogP) is 0.434. The minimum atomic E-state index is 0.0561. The maximum atomic E-state index is 12.4. The Hall–Kier alpha value is -1.53. The lowest BCUT2D eigenvalue weighted by molar-refractivity contribution is 0.0653. The smallest absolute Gasteiger partial charge is 0.255 e. The summed E-state index contributed by atoms with van der Waals surface area (Å²) in [6, 6.07) is 3.62. The highest BCUT2D eigenvalue weighted by Crippen LogP contribution is 2.10. The first kappa shape index (κ1) is 13.9. The fourth-order valence-corrected chi connectivity index (χ4v) is 2.39. The zero-order valence-corrected chi connectivity index (χ0v) is 11.8. The molecular weight excluding hydrogens is 260 g/mol. The lowest BCUT2D eigenvalue weighted by Gasteiger charge is -2.34. The lowest BCUT2D eigenvalue weighted by Crippen LogP contribution is -2.50. The number of aryl methyl sites for hydroxylation is 1. The van der Waals surface area contributed by atoms with Gasteiger partial charge in [-0.1, -0.05) is 12.2 Å². The number of amides is 1. The van der Waals surface area contributed by atoms with Crippen LogP contribution in [-0.2, 0) is 0 Å². The second kappa shape index (κ2) is 6.08. The second-order valence-electron chi connectivity index (χ2n) is 4.67. The van der Waals surface area contributed by atoms with Gasteiger partial charge in [0, 0.05) is 44.6 Å². The summed E-state index contributed by atoms with van der Waals surface area (Å²) in [6.07, 6.45) is 1.70. The average Bonchev–Trinajstić information content (AvgIpc) is 2.39. The van der Waals surface area contributed by atoms with Crippen molar-refractivity contribution in [1.82, 2.24) is 14.8 Å². The van der Waals surface area contributed by atoms with Crippen LogP contribution in [0.5, 0.6) is 0 Å². The highest BCUT2D eigenvalue weighted by atomic mass is 32.1. The fraction of sp³-hybridized carbons (Fsp3) is 0.462. The summed E-state index contributed by atoms with van der Waals surface area (Å²) in [4.78, 5) is 21.1. The van der Waals surface area contributed by atoms with Crippen LogP contribution in [-0.4, -0.2) is 58.4 Å². The molecule has 0 bridgehead atoms. The topological polar surface area (TPSA) is 62.5 Å². The quantitative estimate of drug-likeness (QED) is 0.813. The first-order valence-corrected chi connectivity index (χ1v) is 6.70. The van der Waals surface area contributed by atoms with E-state index < -0.39 is 0 Å². The molecule has 1 saturated heterocycles. The molecule has 0 atom stereocenters. The van der Waals surface area contributed by atoms with E-state index in [9.17, 15) is 4.79 Å². The van der Waals surface area contributed by atoms with Crippen molar-refractivity contribution < 1.29 is 4.79 Å². The average molecular weight is 278 g/mol. The number of pyridine rings is 1. The molecule has 19 heavy (non-hydrogen) atoms. The van der Waals surface area contributed by atoms with E-state index in [1.807, 2.05) is 17.9 Å². The van der Waals surface area contributed by atoms with Gasteiger partial charge in [-0.15, -0.1) is 0 Å². The number of nitrogens with two attached hydrogens (primary N) is 1. The molecule has 1 aromatic rings. The Kier molecular flexibility index (Phi) is 4.44. The van der Waals surface area contributed by atoms with Gasteiger partial charge in [0.15, 0.2) is 0 Å². The standard InChI is InChI=1S/C13H18N4OS/c1-10-11(3-2-4-15-10)13(18)17-7-5-16(6-8-17)9-12(14)19/h2-4H,5-9H2,1H3,(H2,14,19). The first-order valence-electron chi connectivity index (χ1n) is 6.29. The summed E-state index contributed by atoms with van der Waals surface area (Å²) in [6.45, 7) is 5.51. The van der Waals surface area contributed by atoms with Crippen molar-refractivity contribution in [3.05, 3.63) is 29.6 Å². The highest BCUT2D eigenvalue weighted by molar-refractivity contribution is 7.80. The Balaban J connectivity index is 1.96. The molecule has 0 aromatic carbocycles. The maximum Gasteiger partial charge on any atom is 0.255 e. The van der Waals surface area contributed by atoms with Crippen molar-refractivity contribution >= 4 is 23.1 Å². The minimum absolute atomic E-state index is 0.0561. The van der Waals surface area contributed by atoms with Gasteiger partial charge in [0.25, 0.3) is 5.91 Å². The number of piperazine rings is 1. The number of carbonyl (C=O) groups is 1. The molecule has 2 rings (SSSR count). The van der Waals surface area contributed by atoms with E-state index in [4.69, 9.17) is 18.0 Å². The van der Waals surface area contributed by atoms with Crippen LogP contribution >= 0.6 is 12.2 Å². The van der Waals surface area contributed by atoms with E-state index in [0.29, 0.717) is 30.2 Å². The maximum absolute atomic E-state index is 12.4. The molecule has 6 heteroatoms. The minimum Gasteiger partial charge on any atom is -0.392 e. The number of hydrogen-bond donors (Lipinski definition) is 1. The van der Waals surface area contributed by atoms with Gasteiger partial charge in [0.2, 0.25) is 0 Å². The van der Waals surface area contributed by atoms with Gasteiger partial charge in [0.05, 0.1) is 10.6 Å². The Bertz CT molecular complexity index is 483. The van der Waals surface area contributed by atoms with Crippen LogP contribution in [0.25, 0.3) is 0 Å². The number of hydrogen-bond acceptors (Lipinski definition) is 4. The van der Waals surface area contributed by atoms with E-state index in [0.717, 1.165) is 18.8 Å². The van der Waals surface area contributed by atoms with Crippen LogP contribution < -0.4 is 5.73 Å². The van der Waals surface area contributed by atoms with E-state index in [-0.39, 0.29) is 5.91 Å². The van der Waals surface area contributed by atoms with Crippen LogP contribution in [0.1, 0.15) is 16.1 Å². The first-order chi connectivity index (χ1) is 9.08. The second-order valence-corrected chi connectivity index (χ2v) is 5.20. The summed E-state index contributed by atoms with van der Waals surface area (Å²) in [5.74, 6) is 0.0561. The molecule has 0 spiro atoms. The van der Waals surface area contributed by atoms with Gasteiger partial charge in [-0.05, 0) is 19.1 Å². The molecule has 1 amide bonds. The molecule has 0 saturated carbocycles. The van der Waals surface area contributed by atoms with Crippen molar-refractivity contribution in [3.8, 4) is 0 Å². The largest absolute Gasteiger partial charge is 0.392 e. The third-order valence-corrected chi connectivity index (χ3v) is 3.41. The van der Waals surface area contributed by atoms with Gasteiger partial charge in [-0.25, -0.2) is 0 Å². The Morgan fingerprint density at radius 3 is 2.68 bits per heavy atom. The molecule has 1 aromatic heterocycles. The van der Waals surface area contributed by atoms with E-state index >= 15 is 0 Å². The third kappa shape index (κ3) is 3.48. The van der Waals surface area contributed by atoms with Gasteiger partial charge in [-0.3, -0.25) is 14.7 Å². The molecule has 1 aliphatic rings. The molecule has 2 heterocycles. The SMILES string of the molecule is Cc1ncccc1C(=O)N1CCN(CC(N)=S)CC1. The van der Waals surface area contributed by atoms with Crippen LogP contribution in [0.3, 0.4) is 0 Å². The highest BCUT2D eigenvalue weighted by Gasteiger charge is 2.23. The number of rotatable bonds is 3. The Labute approximate surface area is 118 Å². The molecule has 0 radical (unpaired) electrons. The number of aromatic nitrogens is 1. The zero-order valence-electron chi connectivity index (χ0n) is 11.0. The molecule has 102 valence electrons. The molecule has 1 aliphatic heterocycles. The lowest BCUT2D eigenvalue weighted by atomic mass is 10.1. The molecule has 5 nitrogen and oxygen atoms in total. The molecular formula is C13H18N4OS. The van der Waals surface area contributed by atoms with Crippen LogP contribution in [0.15, 0.2) is 18.3 Å². The molecule has 1 fully saturated rings. The van der Waals surface area contributed by atoms with Gasteiger partial charge in [0.1, 0.15) is 0 Å². The van der Waals surface area contributed by atoms with Crippen molar-refractivity contribution in [2.24, 2.45) is 5.73 Å². The Morgan fingerprint density at radius 2 is 2.11 bits per heavy atom. The van der Waals surface area contributed by atoms with Crippen LogP contribution in [0.4, 0.5) is 0 Å². The van der Waals surface area contributed by atoms with Gasteiger partial charge >= 0.3 is 0 Å². The number of nitrogens with zero attached hydrogens (tertiary/aromatic N) is 3. The zero-order chi connectivity index (χ0) is 13.8. The molecule has 0 aliphatic carbocycles. The van der Waals surface area contributed by atoms with Crippen molar-refractivity contribution in [2.45, 2.75) is 6.92 Å². The van der Waals surface area contributed by atoms with Gasteiger partial charge in [-0.2, -0.15) is 0 Å². The normalized spacial score (nSPS) is 16.4. The number of thiocarbonyl (C=S) groups is 1. The molecule has 0 unspecified atom stereocenters. The van der Waals surface area contributed by atoms with Crippen molar-refractivity contribution in [3.63, 3.8) is 0 Å². The monoisotopic (exact) mass is 278 g/mol. The predicted molar refractivity (Wildman–Crippen MR) is 78.1 cm³/mol.